The molecule has 0 aliphatic carbocycles. The molecule has 0 amide bonds. The Labute approximate surface area is 179 Å². The van der Waals surface area contributed by atoms with Gasteiger partial charge >= 0.3 is 6.01 Å². The fourth-order valence-electron chi connectivity index (χ4n) is 3.41. The van der Waals surface area contributed by atoms with E-state index in [9.17, 15) is 4.39 Å². The Morgan fingerprint density at radius 1 is 0.935 bits per heavy atom. The molecule has 7 heteroatoms. The highest BCUT2D eigenvalue weighted by Crippen LogP contribution is 2.32. The third kappa shape index (κ3) is 4.63. The van der Waals surface area contributed by atoms with E-state index < -0.39 is 5.82 Å². The standard InChI is InChI=1S/C24H23FN4O2/c1-16-19(17-7-3-2-4-8-17)10-6-11-20(16)23-28-29-24(31-23)27-21-12-5-9-18(22(21)25)15-26-13-14-30/h2-12,26,30H,13-15H2,1H3,(H,27,29). The quantitative estimate of drug-likeness (QED) is 0.361. The number of benzene rings is 3. The molecule has 0 fully saturated rings. The Balaban J connectivity index is 1.57. The Morgan fingerprint density at radius 3 is 2.52 bits per heavy atom. The van der Waals surface area contributed by atoms with Gasteiger partial charge < -0.3 is 20.2 Å². The van der Waals surface area contributed by atoms with Crippen LogP contribution in [0.25, 0.3) is 22.6 Å². The van der Waals surface area contributed by atoms with E-state index in [1.54, 1.807) is 18.2 Å². The molecule has 1 aromatic heterocycles. The van der Waals surface area contributed by atoms with Gasteiger partial charge in [-0.1, -0.05) is 59.7 Å². The lowest BCUT2D eigenvalue weighted by atomic mass is 9.96. The first-order valence-corrected chi connectivity index (χ1v) is 10.0. The van der Waals surface area contributed by atoms with Gasteiger partial charge in [-0.25, -0.2) is 4.39 Å². The number of nitrogens with one attached hydrogen (secondary N) is 2. The van der Waals surface area contributed by atoms with Crippen molar-refractivity contribution in [2.45, 2.75) is 13.5 Å². The zero-order valence-electron chi connectivity index (χ0n) is 17.1. The Hall–Kier alpha value is -3.55. The maximum atomic E-state index is 14.8. The summed E-state index contributed by atoms with van der Waals surface area (Å²) in [6, 6.07) is 21.2. The van der Waals surface area contributed by atoms with Gasteiger partial charge in [-0.3, -0.25) is 0 Å². The van der Waals surface area contributed by atoms with Gasteiger partial charge in [-0.2, -0.15) is 0 Å². The average molecular weight is 418 g/mol. The lowest BCUT2D eigenvalue weighted by molar-refractivity contribution is 0.291. The summed E-state index contributed by atoms with van der Waals surface area (Å²) >= 11 is 0. The Bertz CT molecular complexity index is 1160. The van der Waals surface area contributed by atoms with E-state index in [4.69, 9.17) is 9.52 Å². The van der Waals surface area contributed by atoms with E-state index in [1.165, 1.54) is 0 Å². The smallest absolute Gasteiger partial charge is 0.320 e. The second kappa shape index (κ2) is 9.51. The molecular weight excluding hydrogens is 395 g/mol. The molecule has 31 heavy (non-hydrogen) atoms. The summed E-state index contributed by atoms with van der Waals surface area (Å²) in [4.78, 5) is 0. The van der Waals surface area contributed by atoms with Crippen molar-refractivity contribution in [2.24, 2.45) is 0 Å². The predicted molar refractivity (Wildman–Crippen MR) is 118 cm³/mol. The van der Waals surface area contributed by atoms with Crippen molar-refractivity contribution in [2.75, 3.05) is 18.5 Å². The minimum absolute atomic E-state index is 0.00475. The summed E-state index contributed by atoms with van der Waals surface area (Å²) in [5.74, 6) is -0.0473. The van der Waals surface area contributed by atoms with Crippen molar-refractivity contribution < 1.29 is 13.9 Å². The number of anilines is 2. The first-order valence-electron chi connectivity index (χ1n) is 10.0. The molecule has 0 saturated carbocycles. The highest BCUT2D eigenvalue weighted by Gasteiger charge is 2.15. The van der Waals surface area contributed by atoms with Crippen molar-refractivity contribution in [1.29, 1.82) is 0 Å². The van der Waals surface area contributed by atoms with Crippen molar-refractivity contribution >= 4 is 11.7 Å². The minimum Gasteiger partial charge on any atom is -0.403 e. The monoisotopic (exact) mass is 418 g/mol. The van der Waals surface area contributed by atoms with Crippen molar-refractivity contribution in [3.05, 3.63) is 83.7 Å². The summed E-state index contributed by atoms with van der Waals surface area (Å²) in [5.41, 5.74) is 4.75. The molecule has 4 aromatic rings. The van der Waals surface area contributed by atoms with Crippen LogP contribution in [0.2, 0.25) is 0 Å². The van der Waals surface area contributed by atoms with Gasteiger partial charge in [0.15, 0.2) is 5.82 Å². The summed E-state index contributed by atoms with van der Waals surface area (Å²) in [6.07, 6.45) is 0. The van der Waals surface area contributed by atoms with Gasteiger partial charge in [0, 0.05) is 24.2 Å². The SMILES string of the molecule is Cc1c(-c2ccccc2)cccc1-c1nnc(Nc2cccc(CNCCO)c2F)o1. The molecular formula is C24H23FN4O2. The third-order valence-electron chi connectivity index (χ3n) is 5.00. The van der Waals surface area contributed by atoms with Crippen molar-refractivity contribution in [1.82, 2.24) is 15.5 Å². The second-order valence-electron chi connectivity index (χ2n) is 7.06. The van der Waals surface area contributed by atoms with Crippen LogP contribution in [0.1, 0.15) is 11.1 Å². The van der Waals surface area contributed by atoms with Gasteiger partial charge in [0.2, 0.25) is 5.89 Å². The number of nitrogens with zero attached hydrogens (tertiary/aromatic N) is 2. The van der Waals surface area contributed by atoms with Crippen LogP contribution in [0.3, 0.4) is 0 Å². The van der Waals surface area contributed by atoms with Gasteiger partial charge in [0.1, 0.15) is 0 Å². The van der Waals surface area contributed by atoms with Crippen molar-refractivity contribution in [3.63, 3.8) is 0 Å². The zero-order valence-corrected chi connectivity index (χ0v) is 17.1. The number of hydrogen-bond donors (Lipinski definition) is 3. The van der Waals surface area contributed by atoms with Crippen LogP contribution >= 0.6 is 0 Å². The van der Waals surface area contributed by atoms with Gasteiger partial charge in [-0.15, -0.1) is 5.10 Å². The zero-order chi connectivity index (χ0) is 21.6. The van der Waals surface area contributed by atoms with Crippen LogP contribution in [0, 0.1) is 12.7 Å². The minimum atomic E-state index is -0.407. The Morgan fingerprint density at radius 2 is 1.71 bits per heavy atom. The van der Waals surface area contributed by atoms with Crippen LogP contribution in [0.5, 0.6) is 0 Å². The molecule has 0 radical (unpaired) electrons. The van der Waals surface area contributed by atoms with E-state index in [1.807, 2.05) is 37.3 Å². The van der Waals surface area contributed by atoms with E-state index in [2.05, 4.69) is 39.0 Å². The molecule has 0 saturated heterocycles. The number of hydrogen-bond acceptors (Lipinski definition) is 6. The maximum Gasteiger partial charge on any atom is 0.320 e. The molecule has 6 nitrogen and oxygen atoms in total. The first-order chi connectivity index (χ1) is 15.2. The van der Waals surface area contributed by atoms with Crippen LogP contribution in [0.4, 0.5) is 16.1 Å². The number of aromatic nitrogens is 2. The molecule has 3 N–H and O–H groups in total. The third-order valence-corrected chi connectivity index (χ3v) is 5.00. The molecule has 0 unspecified atom stereocenters. The Kier molecular flexibility index (Phi) is 6.35. The van der Waals surface area contributed by atoms with E-state index in [0.717, 1.165) is 22.3 Å². The number of aliphatic hydroxyl groups is 1. The lowest BCUT2D eigenvalue weighted by Crippen LogP contribution is -2.18. The summed E-state index contributed by atoms with van der Waals surface area (Å²) in [6.45, 7) is 2.71. The summed E-state index contributed by atoms with van der Waals surface area (Å²) < 4.78 is 20.6. The molecule has 158 valence electrons. The molecule has 0 aliphatic heterocycles. The van der Waals surface area contributed by atoms with E-state index in [0.29, 0.717) is 24.5 Å². The van der Waals surface area contributed by atoms with Crippen LogP contribution < -0.4 is 10.6 Å². The average Bonchev–Trinajstić information content (AvgIpc) is 3.25. The maximum absolute atomic E-state index is 14.8. The number of rotatable bonds is 8. The number of aliphatic hydroxyl groups excluding tert-OH is 1. The van der Waals surface area contributed by atoms with Crippen LogP contribution in [-0.2, 0) is 6.54 Å². The lowest BCUT2D eigenvalue weighted by Gasteiger charge is -2.09. The first kappa shape index (κ1) is 20.7. The summed E-state index contributed by atoms with van der Waals surface area (Å²) in [5, 5.41) is 22.9. The van der Waals surface area contributed by atoms with Gasteiger partial charge in [0.05, 0.1) is 12.3 Å². The van der Waals surface area contributed by atoms with Gasteiger partial charge in [0.25, 0.3) is 0 Å². The largest absolute Gasteiger partial charge is 0.403 e. The van der Waals surface area contributed by atoms with E-state index >= 15 is 0 Å². The van der Waals surface area contributed by atoms with Gasteiger partial charge in [-0.05, 0) is 35.7 Å². The number of halogens is 1. The molecule has 1 heterocycles. The van der Waals surface area contributed by atoms with Crippen molar-refractivity contribution in [3.8, 4) is 22.6 Å². The normalized spacial score (nSPS) is 10.9. The highest BCUT2D eigenvalue weighted by atomic mass is 19.1. The highest BCUT2D eigenvalue weighted by molar-refractivity contribution is 5.75. The second-order valence-corrected chi connectivity index (χ2v) is 7.06. The fraction of sp³-hybridized carbons (Fsp3) is 0.167. The fourth-order valence-corrected chi connectivity index (χ4v) is 3.41. The molecule has 0 spiro atoms. The molecule has 0 aliphatic rings. The van der Waals surface area contributed by atoms with Crippen LogP contribution in [-0.4, -0.2) is 28.5 Å². The molecule has 4 rings (SSSR count). The predicted octanol–water partition coefficient (Wildman–Crippen LogP) is 4.68. The topological polar surface area (TPSA) is 83.2 Å². The molecule has 0 bridgehead atoms. The molecule has 3 aromatic carbocycles. The summed E-state index contributed by atoms with van der Waals surface area (Å²) in [7, 11) is 0. The van der Waals surface area contributed by atoms with E-state index in [-0.39, 0.29) is 18.3 Å². The van der Waals surface area contributed by atoms with Crippen LogP contribution in [0.15, 0.2) is 71.1 Å². The molecule has 0 atom stereocenters.